The molecule has 0 fully saturated rings. The molecule has 0 heterocycles. The Morgan fingerprint density at radius 3 is 2.56 bits per heavy atom. The maximum Gasteiger partial charge on any atom is 0.141 e. The second-order valence-corrected chi connectivity index (χ2v) is 5.33. The zero-order valence-electron chi connectivity index (χ0n) is 10.3. The molecule has 0 N–H and O–H groups in total. The van der Waals surface area contributed by atoms with Gasteiger partial charge in [0.05, 0.1) is 0 Å². The Hall–Kier alpha value is -1.41. The Labute approximate surface area is 116 Å². The summed E-state index contributed by atoms with van der Waals surface area (Å²) in [5.41, 5.74) is 3.34. The van der Waals surface area contributed by atoms with Gasteiger partial charge in [-0.2, -0.15) is 0 Å². The lowest BCUT2D eigenvalue weighted by molar-refractivity contribution is -0.117. The van der Waals surface area contributed by atoms with Crippen molar-refractivity contribution in [2.45, 2.75) is 19.8 Å². The number of halogens is 1. The lowest BCUT2D eigenvalue weighted by Crippen LogP contribution is -2.07. The zero-order valence-corrected chi connectivity index (χ0v) is 11.9. The molecule has 2 aromatic rings. The van der Waals surface area contributed by atoms with Crippen molar-refractivity contribution in [1.82, 2.24) is 0 Å². The Morgan fingerprint density at radius 2 is 1.83 bits per heavy atom. The third-order valence-electron chi connectivity index (χ3n) is 2.83. The molecule has 0 aliphatic heterocycles. The van der Waals surface area contributed by atoms with E-state index in [9.17, 15) is 4.79 Å². The van der Waals surface area contributed by atoms with Crippen molar-refractivity contribution in [3.05, 3.63) is 69.7 Å². The van der Waals surface area contributed by atoms with Crippen molar-refractivity contribution in [2.75, 3.05) is 0 Å². The number of Topliss-reactive ketones (excluding diaryl/α,β-unsaturated/α-hetero) is 1. The van der Waals surface area contributed by atoms with Crippen LogP contribution in [-0.2, 0) is 17.6 Å². The van der Waals surface area contributed by atoms with Crippen LogP contribution in [0.25, 0.3) is 0 Å². The first kappa shape index (κ1) is 13.0. The van der Waals surface area contributed by atoms with Crippen LogP contribution in [-0.4, -0.2) is 5.78 Å². The lowest BCUT2D eigenvalue weighted by Gasteiger charge is -2.04. The van der Waals surface area contributed by atoms with E-state index in [2.05, 4.69) is 22.0 Å². The minimum absolute atomic E-state index is 0.243. The van der Waals surface area contributed by atoms with Gasteiger partial charge in [-0.15, -0.1) is 0 Å². The maximum atomic E-state index is 12.0. The number of carbonyl (C=O) groups excluding carboxylic acids is 1. The number of benzene rings is 2. The maximum absolute atomic E-state index is 12.0. The van der Waals surface area contributed by atoms with Crippen LogP contribution in [0.4, 0.5) is 0 Å². The van der Waals surface area contributed by atoms with Crippen molar-refractivity contribution in [1.29, 1.82) is 0 Å². The van der Waals surface area contributed by atoms with Gasteiger partial charge in [0.2, 0.25) is 0 Å². The molecule has 0 atom stereocenters. The molecule has 2 aromatic carbocycles. The zero-order chi connectivity index (χ0) is 13.0. The van der Waals surface area contributed by atoms with Crippen LogP contribution in [0.15, 0.2) is 53.0 Å². The third-order valence-corrected chi connectivity index (χ3v) is 3.60. The van der Waals surface area contributed by atoms with Crippen molar-refractivity contribution < 1.29 is 4.79 Å². The van der Waals surface area contributed by atoms with Crippen molar-refractivity contribution in [3.63, 3.8) is 0 Å². The summed E-state index contributed by atoms with van der Waals surface area (Å²) in [5, 5.41) is 0. The van der Waals surface area contributed by atoms with Crippen LogP contribution in [0.3, 0.4) is 0 Å². The summed E-state index contributed by atoms with van der Waals surface area (Å²) in [6.45, 7) is 2.04. The molecule has 0 aromatic heterocycles. The minimum Gasteiger partial charge on any atom is -0.299 e. The minimum atomic E-state index is 0.243. The van der Waals surface area contributed by atoms with Gasteiger partial charge in [-0.05, 0) is 24.1 Å². The molecule has 0 unspecified atom stereocenters. The van der Waals surface area contributed by atoms with Crippen molar-refractivity contribution >= 4 is 21.7 Å². The van der Waals surface area contributed by atoms with Gasteiger partial charge < -0.3 is 0 Å². The number of carbonyl (C=O) groups is 1. The highest BCUT2D eigenvalue weighted by molar-refractivity contribution is 9.10. The fourth-order valence-electron chi connectivity index (χ4n) is 1.97. The van der Waals surface area contributed by atoms with E-state index in [1.54, 1.807) is 0 Å². The number of aryl methyl sites for hydroxylation is 1. The quantitative estimate of drug-likeness (QED) is 0.830. The molecule has 0 bridgehead atoms. The summed E-state index contributed by atoms with van der Waals surface area (Å²) in [6.07, 6.45) is 0.985. The van der Waals surface area contributed by atoms with Crippen LogP contribution in [0.1, 0.15) is 16.7 Å². The van der Waals surface area contributed by atoms with E-state index >= 15 is 0 Å². The summed E-state index contributed by atoms with van der Waals surface area (Å²) < 4.78 is 1.00. The molecule has 2 rings (SSSR count). The highest BCUT2D eigenvalue weighted by Gasteiger charge is 2.07. The Bertz CT molecular complexity index is 561. The molecule has 0 saturated heterocycles. The SMILES string of the molecule is Cc1cccc(CC(=O)Cc2ccccc2Br)c1. The monoisotopic (exact) mass is 302 g/mol. The van der Waals surface area contributed by atoms with E-state index in [1.165, 1.54) is 5.56 Å². The van der Waals surface area contributed by atoms with Gasteiger partial charge in [0, 0.05) is 17.3 Å². The van der Waals surface area contributed by atoms with Crippen molar-refractivity contribution in [2.24, 2.45) is 0 Å². The first-order valence-electron chi connectivity index (χ1n) is 5.96. The van der Waals surface area contributed by atoms with Gasteiger partial charge in [-0.1, -0.05) is 64.0 Å². The van der Waals surface area contributed by atoms with E-state index in [0.29, 0.717) is 12.8 Å². The standard InChI is InChI=1S/C16H15BrO/c1-12-5-4-6-13(9-12)10-15(18)11-14-7-2-3-8-16(14)17/h2-9H,10-11H2,1H3. The number of rotatable bonds is 4. The molecular weight excluding hydrogens is 288 g/mol. The van der Waals surface area contributed by atoms with Crippen LogP contribution in [0.5, 0.6) is 0 Å². The van der Waals surface area contributed by atoms with Crippen LogP contribution >= 0.6 is 15.9 Å². The molecule has 92 valence electrons. The summed E-state index contributed by atoms with van der Waals surface area (Å²) in [5.74, 6) is 0.243. The molecule has 0 radical (unpaired) electrons. The summed E-state index contributed by atoms with van der Waals surface area (Å²) in [6, 6.07) is 16.0. The molecule has 0 spiro atoms. The fraction of sp³-hybridized carbons (Fsp3) is 0.188. The fourth-order valence-corrected chi connectivity index (χ4v) is 2.39. The summed E-state index contributed by atoms with van der Waals surface area (Å²) in [7, 11) is 0. The topological polar surface area (TPSA) is 17.1 Å². The van der Waals surface area contributed by atoms with Gasteiger partial charge in [0.15, 0.2) is 0 Å². The molecule has 0 aliphatic carbocycles. The smallest absolute Gasteiger partial charge is 0.141 e. The molecule has 1 nitrogen and oxygen atoms in total. The summed E-state index contributed by atoms with van der Waals surface area (Å²) in [4.78, 5) is 12.0. The Morgan fingerprint density at radius 1 is 1.06 bits per heavy atom. The average molecular weight is 303 g/mol. The molecule has 2 heteroatoms. The van der Waals surface area contributed by atoms with Gasteiger partial charge in [0.25, 0.3) is 0 Å². The Kier molecular flexibility index (Phi) is 4.32. The number of hydrogen-bond acceptors (Lipinski definition) is 1. The average Bonchev–Trinajstić information content (AvgIpc) is 2.32. The molecule has 18 heavy (non-hydrogen) atoms. The van der Waals surface area contributed by atoms with Crippen molar-refractivity contribution in [3.8, 4) is 0 Å². The Balaban J connectivity index is 2.03. The summed E-state index contributed by atoms with van der Waals surface area (Å²) >= 11 is 3.47. The molecule has 0 amide bonds. The molecule has 0 saturated carbocycles. The number of hydrogen-bond donors (Lipinski definition) is 0. The van der Waals surface area contributed by atoms with Gasteiger partial charge in [-0.3, -0.25) is 4.79 Å². The predicted molar refractivity (Wildman–Crippen MR) is 77.7 cm³/mol. The van der Waals surface area contributed by atoms with E-state index in [0.717, 1.165) is 15.6 Å². The lowest BCUT2D eigenvalue weighted by atomic mass is 10.0. The highest BCUT2D eigenvalue weighted by Crippen LogP contribution is 2.17. The number of ketones is 1. The second kappa shape index (κ2) is 5.96. The van der Waals surface area contributed by atoms with E-state index < -0.39 is 0 Å². The first-order chi connectivity index (χ1) is 8.65. The first-order valence-corrected chi connectivity index (χ1v) is 6.75. The second-order valence-electron chi connectivity index (χ2n) is 4.47. The van der Waals surface area contributed by atoms with E-state index in [1.807, 2.05) is 49.4 Å². The third kappa shape index (κ3) is 3.54. The van der Waals surface area contributed by atoms with Gasteiger partial charge in [-0.25, -0.2) is 0 Å². The van der Waals surface area contributed by atoms with Crippen LogP contribution < -0.4 is 0 Å². The van der Waals surface area contributed by atoms with Crippen LogP contribution in [0, 0.1) is 6.92 Å². The van der Waals surface area contributed by atoms with Gasteiger partial charge in [0.1, 0.15) is 5.78 Å². The molecular formula is C16H15BrO. The van der Waals surface area contributed by atoms with Crippen LogP contribution in [0.2, 0.25) is 0 Å². The largest absolute Gasteiger partial charge is 0.299 e. The normalized spacial score (nSPS) is 10.3. The predicted octanol–water partition coefficient (Wildman–Crippen LogP) is 4.11. The van der Waals surface area contributed by atoms with E-state index in [4.69, 9.17) is 0 Å². The molecule has 0 aliphatic rings. The van der Waals surface area contributed by atoms with E-state index in [-0.39, 0.29) is 5.78 Å². The highest BCUT2D eigenvalue weighted by atomic mass is 79.9. The van der Waals surface area contributed by atoms with Gasteiger partial charge >= 0.3 is 0 Å².